The molecule has 0 unspecified atom stereocenters. The highest BCUT2D eigenvalue weighted by atomic mass is 32.1. The van der Waals surface area contributed by atoms with Crippen LogP contribution in [0.15, 0.2) is 15.9 Å². The Hall–Kier alpha value is -1.43. The van der Waals surface area contributed by atoms with E-state index in [1.54, 1.807) is 21.0 Å². The number of ether oxygens (including phenoxy) is 1. The number of aromatic nitrogens is 1. The zero-order valence-corrected chi connectivity index (χ0v) is 9.63. The van der Waals surface area contributed by atoms with Gasteiger partial charge in [-0.1, -0.05) is 11.3 Å². The van der Waals surface area contributed by atoms with Crippen LogP contribution in [-0.2, 0) is 11.8 Å². The molecular weight excluding hydrogens is 216 g/mol. The number of hydrogen-bond acceptors (Lipinski definition) is 5. The molecule has 0 spiro atoms. The first-order valence-electron chi connectivity index (χ1n) is 4.41. The SMILES string of the molecule is CCOC(=O)c1cc(=O)n(C)c(=NC)s1. The van der Waals surface area contributed by atoms with E-state index in [0.29, 0.717) is 11.4 Å². The van der Waals surface area contributed by atoms with Crippen molar-refractivity contribution in [3.63, 3.8) is 0 Å². The minimum atomic E-state index is -0.481. The number of carbonyl (C=O) groups excluding carboxylic acids is 1. The summed E-state index contributed by atoms with van der Waals surface area (Å²) in [4.78, 5) is 27.5. The van der Waals surface area contributed by atoms with Gasteiger partial charge < -0.3 is 4.74 Å². The van der Waals surface area contributed by atoms with Gasteiger partial charge in [-0.05, 0) is 6.92 Å². The van der Waals surface area contributed by atoms with E-state index in [1.807, 2.05) is 0 Å². The lowest BCUT2D eigenvalue weighted by atomic mass is 10.5. The maximum absolute atomic E-state index is 11.4. The average Bonchev–Trinajstić information content (AvgIpc) is 2.22. The quantitative estimate of drug-likeness (QED) is 0.677. The Labute approximate surface area is 90.7 Å². The first-order valence-corrected chi connectivity index (χ1v) is 5.23. The van der Waals surface area contributed by atoms with E-state index >= 15 is 0 Å². The lowest BCUT2D eigenvalue weighted by Gasteiger charge is -2.02. The summed E-state index contributed by atoms with van der Waals surface area (Å²) in [6, 6.07) is 1.26. The van der Waals surface area contributed by atoms with Crippen molar-refractivity contribution in [2.24, 2.45) is 12.0 Å². The van der Waals surface area contributed by atoms with Gasteiger partial charge in [-0.3, -0.25) is 14.4 Å². The summed E-state index contributed by atoms with van der Waals surface area (Å²) >= 11 is 1.13. The molecule has 6 heteroatoms. The minimum absolute atomic E-state index is 0.266. The molecular formula is C9H12N2O3S. The molecule has 0 amide bonds. The second-order valence-electron chi connectivity index (χ2n) is 2.73. The molecule has 0 aliphatic heterocycles. The van der Waals surface area contributed by atoms with Crippen LogP contribution in [0.2, 0.25) is 0 Å². The normalized spacial score (nSPS) is 11.5. The van der Waals surface area contributed by atoms with Gasteiger partial charge in [0.15, 0.2) is 4.80 Å². The molecule has 0 atom stereocenters. The third-order valence-corrected chi connectivity index (χ3v) is 2.88. The molecule has 1 aromatic rings. The van der Waals surface area contributed by atoms with E-state index in [2.05, 4.69) is 4.99 Å². The number of rotatable bonds is 2. The molecule has 5 nitrogen and oxygen atoms in total. The molecule has 0 radical (unpaired) electrons. The molecule has 0 bridgehead atoms. The second-order valence-corrected chi connectivity index (χ2v) is 3.74. The Morgan fingerprint density at radius 2 is 2.33 bits per heavy atom. The maximum atomic E-state index is 11.4. The van der Waals surface area contributed by atoms with Crippen LogP contribution in [0.4, 0.5) is 0 Å². The van der Waals surface area contributed by atoms with Crippen LogP contribution in [0.3, 0.4) is 0 Å². The van der Waals surface area contributed by atoms with Crippen LogP contribution in [0, 0.1) is 0 Å². The standard InChI is InChI=1S/C9H12N2O3S/c1-4-14-8(13)6-5-7(12)11(3)9(10-2)15-6/h5H,4H2,1-3H3. The van der Waals surface area contributed by atoms with E-state index in [-0.39, 0.29) is 10.4 Å². The molecule has 0 saturated carbocycles. The Kier molecular flexibility index (Phi) is 3.79. The van der Waals surface area contributed by atoms with Gasteiger partial charge in [0.25, 0.3) is 5.56 Å². The molecule has 0 fully saturated rings. The first-order chi connectivity index (χ1) is 7.10. The van der Waals surface area contributed by atoms with E-state index in [1.165, 1.54) is 10.6 Å². The molecule has 0 aliphatic carbocycles. The fourth-order valence-electron chi connectivity index (χ4n) is 0.998. The second kappa shape index (κ2) is 4.88. The lowest BCUT2D eigenvalue weighted by Crippen LogP contribution is -2.29. The fraction of sp³-hybridized carbons (Fsp3) is 0.444. The summed E-state index contributed by atoms with van der Waals surface area (Å²) in [5.74, 6) is -0.481. The topological polar surface area (TPSA) is 60.7 Å². The Morgan fingerprint density at radius 1 is 1.67 bits per heavy atom. The Balaban J connectivity index is 3.30. The zero-order chi connectivity index (χ0) is 11.4. The number of esters is 1. The maximum Gasteiger partial charge on any atom is 0.348 e. The zero-order valence-electron chi connectivity index (χ0n) is 8.81. The molecule has 82 valence electrons. The molecule has 0 aromatic carbocycles. The summed E-state index contributed by atoms with van der Waals surface area (Å²) in [6.45, 7) is 2.01. The van der Waals surface area contributed by atoms with Crippen molar-refractivity contribution in [1.82, 2.24) is 4.57 Å². The van der Waals surface area contributed by atoms with Crippen molar-refractivity contribution in [3.05, 3.63) is 26.1 Å². The van der Waals surface area contributed by atoms with Gasteiger partial charge in [0.05, 0.1) is 6.61 Å². The lowest BCUT2D eigenvalue weighted by molar-refractivity contribution is 0.0531. The summed E-state index contributed by atoms with van der Waals surface area (Å²) < 4.78 is 6.19. The third kappa shape index (κ3) is 2.53. The number of hydrogen-bond donors (Lipinski definition) is 0. The van der Waals surface area contributed by atoms with Crippen molar-refractivity contribution < 1.29 is 9.53 Å². The van der Waals surface area contributed by atoms with Gasteiger partial charge in [0, 0.05) is 20.2 Å². The van der Waals surface area contributed by atoms with Crippen LogP contribution < -0.4 is 10.4 Å². The fourth-order valence-corrected chi connectivity index (χ4v) is 1.81. The van der Waals surface area contributed by atoms with Crippen molar-refractivity contribution in [2.45, 2.75) is 6.92 Å². The van der Waals surface area contributed by atoms with Crippen molar-refractivity contribution in [3.8, 4) is 0 Å². The van der Waals surface area contributed by atoms with Gasteiger partial charge in [0.1, 0.15) is 4.88 Å². The monoisotopic (exact) mass is 228 g/mol. The number of carbonyl (C=O) groups is 1. The molecule has 0 saturated heterocycles. The molecule has 0 aliphatic rings. The summed E-state index contributed by atoms with van der Waals surface area (Å²) in [6.07, 6.45) is 0. The average molecular weight is 228 g/mol. The summed E-state index contributed by atoms with van der Waals surface area (Å²) in [7, 11) is 3.18. The van der Waals surface area contributed by atoms with Gasteiger partial charge in [-0.25, -0.2) is 4.79 Å². The molecule has 1 heterocycles. The predicted octanol–water partition coefficient (Wildman–Crippen LogP) is 0.154. The minimum Gasteiger partial charge on any atom is -0.462 e. The van der Waals surface area contributed by atoms with E-state index < -0.39 is 5.97 Å². The molecule has 15 heavy (non-hydrogen) atoms. The molecule has 1 rings (SSSR count). The predicted molar refractivity (Wildman–Crippen MR) is 57.0 cm³/mol. The highest BCUT2D eigenvalue weighted by Crippen LogP contribution is 2.01. The smallest absolute Gasteiger partial charge is 0.348 e. The van der Waals surface area contributed by atoms with Crippen LogP contribution in [0.1, 0.15) is 16.6 Å². The van der Waals surface area contributed by atoms with Crippen molar-refractivity contribution in [2.75, 3.05) is 13.7 Å². The van der Waals surface area contributed by atoms with Gasteiger partial charge >= 0.3 is 5.97 Å². The highest BCUT2D eigenvalue weighted by molar-refractivity contribution is 7.11. The Morgan fingerprint density at radius 3 is 2.87 bits per heavy atom. The van der Waals surface area contributed by atoms with Crippen LogP contribution in [-0.4, -0.2) is 24.2 Å². The summed E-state index contributed by atoms with van der Waals surface area (Å²) in [5, 5.41) is 0. The molecule has 0 N–H and O–H groups in total. The van der Waals surface area contributed by atoms with E-state index in [9.17, 15) is 9.59 Å². The van der Waals surface area contributed by atoms with Crippen LogP contribution in [0.5, 0.6) is 0 Å². The van der Waals surface area contributed by atoms with Gasteiger partial charge in [0.2, 0.25) is 0 Å². The third-order valence-electron chi connectivity index (χ3n) is 1.74. The first kappa shape index (κ1) is 11.6. The van der Waals surface area contributed by atoms with Crippen molar-refractivity contribution >= 4 is 17.3 Å². The van der Waals surface area contributed by atoms with E-state index in [4.69, 9.17) is 4.74 Å². The van der Waals surface area contributed by atoms with Crippen LogP contribution >= 0.6 is 11.3 Å². The van der Waals surface area contributed by atoms with Gasteiger partial charge in [-0.2, -0.15) is 0 Å². The largest absolute Gasteiger partial charge is 0.462 e. The van der Waals surface area contributed by atoms with E-state index in [0.717, 1.165) is 11.3 Å². The highest BCUT2D eigenvalue weighted by Gasteiger charge is 2.09. The Bertz CT molecular complexity index is 487. The van der Waals surface area contributed by atoms with Gasteiger partial charge in [-0.15, -0.1) is 0 Å². The van der Waals surface area contributed by atoms with Crippen molar-refractivity contribution in [1.29, 1.82) is 0 Å². The summed E-state index contributed by atoms with van der Waals surface area (Å²) in [5.41, 5.74) is -0.266. The number of nitrogens with zero attached hydrogens (tertiary/aromatic N) is 2. The molecule has 1 aromatic heterocycles. The van der Waals surface area contributed by atoms with Crippen LogP contribution in [0.25, 0.3) is 0 Å².